The SMILES string of the molecule is CC1=C(/C=C2\C(=O)Nc3ncnc(Nc4ccc(F)c(Cl)c4)c32)C(C)C(C)CC(C(=O)N2C[C@@H](C)N[C@@H](C)C2)=C1. The van der Waals surface area contributed by atoms with Gasteiger partial charge in [-0.3, -0.25) is 9.59 Å². The molecule has 2 aromatic rings. The average Bonchev–Trinajstić information content (AvgIpc) is 3.17. The molecule has 3 heterocycles. The van der Waals surface area contributed by atoms with Gasteiger partial charge in [0.1, 0.15) is 23.8 Å². The summed E-state index contributed by atoms with van der Waals surface area (Å²) >= 11 is 5.97. The van der Waals surface area contributed by atoms with Crippen LogP contribution in [0.3, 0.4) is 0 Å². The van der Waals surface area contributed by atoms with E-state index in [0.29, 0.717) is 48.0 Å². The minimum atomic E-state index is -0.525. The highest BCUT2D eigenvalue weighted by Crippen LogP contribution is 2.40. The van der Waals surface area contributed by atoms with Crippen LogP contribution in [0.4, 0.5) is 21.7 Å². The maximum Gasteiger partial charge on any atom is 0.257 e. The molecule has 210 valence electrons. The zero-order chi connectivity index (χ0) is 28.7. The van der Waals surface area contributed by atoms with Crippen molar-refractivity contribution in [3.63, 3.8) is 0 Å². The topological polar surface area (TPSA) is 99.2 Å². The van der Waals surface area contributed by atoms with Crippen LogP contribution < -0.4 is 16.0 Å². The molecule has 0 spiro atoms. The number of hydrogen-bond acceptors (Lipinski definition) is 6. The molecule has 40 heavy (non-hydrogen) atoms. The summed E-state index contributed by atoms with van der Waals surface area (Å²) in [5, 5.41) is 9.44. The van der Waals surface area contributed by atoms with Crippen molar-refractivity contribution in [2.75, 3.05) is 23.7 Å². The van der Waals surface area contributed by atoms with Crippen molar-refractivity contribution in [2.24, 2.45) is 11.8 Å². The summed E-state index contributed by atoms with van der Waals surface area (Å²) in [6.07, 6.45) is 5.89. The number of piperazine rings is 1. The van der Waals surface area contributed by atoms with Crippen molar-refractivity contribution >= 4 is 46.3 Å². The highest BCUT2D eigenvalue weighted by molar-refractivity contribution is 6.33. The van der Waals surface area contributed by atoms with Crippen LogP contribution in [-0.4, -0.2) is 51.9 Å². The first-order valence-corrected chi connectivity index (χ1v) is 14.0. The Kier molecular flexibility index (Phi) is 7.79. The number of amides is 2. The van der Waals surface area contributed by atoms with Gasteiger partial charge in [-0.05, 0) is 74.4 Å². The molecule has 1 aromatic carbocycles. The smallest absolute Gasteiger partial charge is 0.257 e. The van der Waals surface area contributed by atoms with Crippen LogP contribution in [0, 0.1) is 17.7 Å². The number of rotatable bonds is 4. The summed E-state index contributed by atoms with van der Waals surface area (Å²) < 4.78 is 13.7. The summed E-state index contributed by atoms with van der Waals surface area (Å²) in [7, 11) is 0. The van der Waals surface area contributed by atoms with Crippen LogP contribution in [0.1, 0.15) is 46.6 Å². The Balaban J connectivity index is 1.52. The second-order valence-corrected chi connectivity index (χ2v) is 11.6. The first-order valence-electron chi connectivity index (χ1n) is 13.6. The number of nitrogens with zero attached hydrogens (tertiary/aromatic N) is 3. The van der Waals surface area contributed by atoms with E-state index in [-0.39, 0.29) is 40.8 Å². The van der Waals surface area contributed by atoms with E-state index in [1.54, 1.807) is 6.07 Å². The Morgan fingerprint density at radius 2 is 1.90 bits per heavy atom. The van der Waals surface area contributed by atoms with Crippen LogP contribution in [0.5, 0.6) is 0 Å². The molecule has 1 aromatic heterocycles. The molecule has 3 N–H and O–H groups in total. The summed E-state index contributed by atoms with van der Waals surface area (Å²) in [5.74, 6) is 0.318. The molecule has 4 atom stereocenters. The van der Waals surface area contributed by atoms with Gasteiger partial charge < -0.3 is 20.9 Å². The second-order valence-electron chi connectivity index (χ2n) is 11.2. The van der Waals surface area contributed by atoms with Crippen LogP contribution in [0.25, 0.3) is 5.57 Å². The maximum atomic E-state index is 13.7. The fourth-order valence-corrected chi connectivity index (χ4v) is 5.99. The number of anilines is 3. The molecule has 2 amide bonds. The van der Waals surface area contributed by atoms with E-state index >= 15 is 0 Å². The minimum absolute atomic E-state index is 0.0235. The Labute approximate surface area is 238 Å². The Bertz CT molecular complexity index is 1460. The van der Waals surface area contributed by atoms with Crippen molar-refractivity contribution in [1.82, 2.24) is 20.2 Å². The number of aromatic nitrogens is 2. The third-order valence-corrected chi connectivity index (χ3v) is 8.22. The fraction of sp³-hybridized carbons (Fsp3) is 0.400. The predicted octanol–water partition coefficient (Wildman–Crippen LogP) is 5.48. The van der Waals surface area contributed by atoms with Crippen molar-refractivity contribution in [3.8, 4) is 0 Å². The molecule has 1 fully saturated rings. The van der Waals surface area contributed by atoms with Gasteiger partial charge in [-0.2, -0.15) is 0 Å². The molecule has 2 aliphatic heterocycles. The standard InChI is InChI=1S/C30H34ClFN6O2/c1-15-8-20(30(40)38-12-17(3)35-18(4)13-38)9-16(2)22(19(15)5)11-23-26-27(33-14-34-28(26)37-29(23)39)36-21-6-7-25(32)24(31)10-21/h6-7,9-11,14-15,17-19,35H,8,12-13H2,1-5H3,(H2,33,34,36,37,39)/b23-11-/t15?,17-,18+,19?. The third-order valence-electron chi connectivity index (χ3n) is 7.93. The fourth-order valence-electron chi connectivity index (χ4n) is 5.81. The van der Waals surface area contributed by atoms with Gasteiger partial charge in [0.15, 0.2) is 0 Å². The van der Waals surface area contributed by atoms with Gasteiger partial charge in [0.25, 0.3) is 5.91 Å². The molecular weight excluding hydrogens is 531 g/mol. The van der Waals surface area contributed by atoms with Gasteiger partial charge in [0, 0.05) is 36.4 Å². The minimum Gasteiger partial charge on any atom is -0.339 e. The zero-order valence-corrected chi connectivity index (χ0v) is 24.1. The first-order chi connectivity index (χ1) is 19.0. The van der Waals surface area contributed by atoms with Crippen molar-refractivity contribution in [3.05, 3.63) is 69.8 Å². The lowest BCUT2D eigenvalue weighted by atomic mass is 9.84. The molecule has 5 rings (SSSR count). The predicted molar refractivity (Wildman–Crippen MR) is 156 cm³/mol. The van der Waals surface area contributed by atoms with E-state index in [1.807, 2.05) is 24.0 Å². The van der Waals surface area contributed by atoms with E-state index in [2.05, 4.69) is 53.6 Å². The zero-order valence-electron chi connectivity index (χ0n) is 23.3. The van der Waals surface area contributed by atoms with Crippen molar-refractivity contribution < 1.29 is 14.0 Å². The van der Waals surface area contributed by atoms with E-state index in [4.69, 9.17) is 11.6 Å². The maximum absolute atomic E-state index is 13.7. The largest absolute Gasteiger partial charge is 0.339 e. The molecule has 3 aliphatic rings. The third kappa shape index (κ3) is 5.53. The van der Waals surface area contributed by atoms with Gasteiger partial charge in [0.05, 0.1) is 16.2 Å². The van der Waals surface area contributed by atoms with Gasteiger partial charge in [0.2, 0.25) is 5.91 Å². The molecule has 10 heteroatoms. The normalized spacial score (nSPS) is 25.9. The van der Waals surface area contributed by atoms with E-state index < -0.39 is 5.82 Å². The number of hydrogen-bond donors (Lipinski definition) is 3. The highest BCUT2D eigenvalue weighted by Gasteiger charge is 2.33. The summed E-state index contributed by atoms with van der Waals surface area (Å²) in [4.78, 5) is 37.4. The van der Waals surface area contributed by atoms with Crippen LogP contribution >= 0.6 is 11.6 Å². The number of carbonyl (C=O) groups excluding carboxylic acids is 2. The average molecular weight is 565 g/mol. The summed E-state index contributed by atoms with van der Waals surface area (Å²) in [6.45, 7) is 11.8. The molecule has 0 bridgehead atoms. The number of carbonyl (C=O) groups is 2. The molecule has 0 radical (unpaired) electrons. The second kappa shape index (κ2) is 11.1. The van der Waals surface area contributed by atoms with E-state index in [0.717, 1.165) is 16.7 Å². The molecule has 1 saturated heterocycles. The lowest BCUT2D eigenvalue weighted by molar-refractivity contribution is -0.129. The van der Waals surface area contributed by atoms with Gasteiger partial charge >= 0.3 is 0 Å². The van der Waals surface area contributed by atoms with Gasteiger partial charge in [-0.15, -0.1) is 0 Å². The van der Waals surface area contributed by atoms with Gasteiger partial charge in [-0.25, -0.2) is 14.4 Å². The van der Waals surface area contributed by atoms with Crippen molar-refractivity contribution in [2.45, 2.75) is 53.1 Å². The lowest BCUT2D eigenvalue weighted by Gasteiger charge is -2.36. The molecule has 0 saturated carbocycles. The molecule has 8 nitrogen and oxygen atoms in total. The number of benzene rings is 1. The Hall–Kier alpha value is -3.56. The van der Waals surface area contributed by atoms with E-state index in [1.165, 1.54) is 18.5 Å². The number of allylic oxidation sites excluding steroid dienone is 4. The molecular formula is C30H34ClFN6O2. The molecule has 1 aliphatic carbocycles. The number of fused-ring (bicyclic) bond motifs is 1. The monoisotopic (exact) mass is 564 g/mol. The summed E-state index contributed by atoms with van der Waals surface area (Å²) in [5.41, 5.74) is 4.20. The number of halogens is 2. The lowest BCUT2D eigenvalue weighted by Crippen LogP contribution is -2.56. The molecule has 2 unspecified atom stereocenters. The van der Waals surface area contributed by atoms with Crippen molar-refractivity contribution in [1.29, 1.82) is 0 Å². The quantitative estimate of drug-likeness (QED) is 0.426. The van der Waals surface area contributed by atoms with E-state index in [9.17, 15) is 14.0 Å². The number of nitrogens with one attached hydrogen (secondary N) is 3. The van der Waals surface area contributed by atoms with Crippen LogP contribution in [0.15, 0.2) is 53.4 Å². The van der Waals surface area contributed by atoms with Crippen LogP contribution in [0.2, 0.25) is 5.02 Å². The Morgan fingerprint density at radius 1 is 1.18 bits per heavy atom. The highest BCUT2D eigenvalue weighted by atomic mass is 35.5. The first kappa shape index (κ1) is 28.0. The Morgan fingerprint density at radius 3 is 2.60 bits per heavy atom. The van der Waals surface area contributed by atoms with Crippen LogP contribution in [-0.2, 0) is 9.59 Å². The van der Waals surface area contributed by atoms with Gasteiger partial charge in [-0.1, -0.05) is 31.5 Å². The summed E-state index contributed by atoms with van der Waals surface area (Å²) in [6, 6.07) is 4.76.